The van der Waals surface area contributed by atoms with Crippen molar-refractivity contribution >= 4 is 40.2 Å². The van der Waals surface area contributed by atoms with Gasteiger partial charge in [-0.1, -0.05) is 70.2 Å². The lowest BCUT2D eigenvalue weighted by molar-refractivity contribution is -0.295. The van der Waals surface area contributed by atoms with Gasteiger partial charge in [0.2, 0.25) is 5.91 Å². The van der Waals surface area contributed by atoms with Crippen molar-refractivity contribution in [2.45, 2.75) is 141 Å². The van der Waals surface area contributed by atoms with Gasteiger partial charge in [0.15, 0.2) is 17.7 Å². The number of esters is 2. The van der Waals surface area contributed by atoms with Crippen LogP contribution >= 0.6 is 0 Å². The Kier molecular flexibility index (Phi) is 14.3. The maximum Gasteiger partial charge on any atom is 0.329 e. The molecule has 2 N–H and O–H groups in total. The minimum Gasteiger partial charge on any atom is -0.458 e. The summed E-state index contributed by atoms with van der Waals surface area (Å²) in [5.41, 5.74) is -1.89. The van der Waals surface area contributed by atoms with Crippen LogP contribution in [0.1, 0.15) is 86.6 Å². The molecule has 2 aromatic carbocycles. The Morgan fingerprint density at radius 2 is 1.62 bits per heavy atom. The number of rotatable bonds is 9. The second-order valence-corrected chi connectivity index (χ2v) is 17.5. The number of carbonyl (C=O) groups is 5. The van der Waals surface area contributed by atoms with Crippen molar-refractivity contribution in [1.82, 2.24) is 10.2 Å². The highest BCUT2D eigenvalue weighted by Gasteiger charge is 2.62. The summed E-state index contributed by atoms with van der Waals surface area (Å²) in [4.78, 5) is 72.4. The zero-order valence-corrected chi connectivity index (χ0v) is 36.0. The molecule has 1 unspecified atom stereocenters. The van der Waals surface area contributed by atoms with E-state index in [9.17, 15) is 29.1 Å². The number of likely N-dealkylation sites (N-methyl/N-ethyl adjacent to an activating group) is 1. The number of Topliss-reactive ketones (excluding diaryl/α,β-unsaturated/α-hetero) is 2. The summed E-state index contributed by atoms with van der Waals surface area (Å²) in [6, 6.07) is 12.4. The molecule has 3 fully saturated rings. The zero-order valence-electron chi connectivity index (χ0n) is 36.0. The van der Waals surface area contributed by atoms with Crippen molar-refractivity contribution in [2.24, 2.45) is 29.6 Å². The summed E-state index contributed by atoms with van der Waals surface area (Å²) in [6.45, 7) is 13.6. The molecule has 2 aromatic rings. The molecule has 1 amide bonds. The van der Waals surface area contributed by atoms with Crippen LogP contribution in [0.2, 0.25) is 0 Å². The van der Waals surface area contributed by atoms with Crippen LogP contribution in [0.5, 0.6) is 0 Å². The van der Waals surface area contributed by atoms with Crippen molar-refractivity contribution in [2.75, 3.05) is 21.2 Å². The fourth-order valence-corrected chi connectivity index (χ4v) is 9.69. The van der Waals surface area contributed by atoms with Crippen molar-refractivity contribution in [3.63, 3.8) is 0 Å². The monoisotopic (exact) mass is 808 g/mol. The average Bonchev–Trinajstić information content (AvgIpc) is 3.45. The number of aryl methyl sites for hydroxylation is 1. The Morgan fingerprint density at radius 3 is 2.26 bits per heavy atom. The third-order valence-corrected chi connectivity index (χ3v) is 13.1. The number of benzene rings is 2. The average molecular weight is 809 g/mol. The number of hydrogen-bond donors (Lipinski definition) is 2. The molecule has 3 saturated heterocycles. The number of nitrogens with one attached hydrogen (secondary N) is 1. The maximum absolute atomic E-state index is 14.7. The highest BCUT2D eigenvalue weighted by atomic mass is 16.7. The van der Waals surface area contributed by atoms with E-state index in [1.807, 2.05) is 68.4 Å². The van der Waals surface area contributed by atoms with E-state index in [1.165, 1.54) is 14.0 Å². The molecule has 3 aliphatic rings. The number of methoxy groups -OCH3 is 1. The van der Waals surface area contributed by atoms with Gasteiger partial charge in [0, 0.05) is 43.2 Å². The van der Waals surface area contributed by atoms with Gasteiger partial charge in [0.25, 0.3) is 0 Å². The Bertz CT molecular complexity index is 1830. The molecule has 58 heavy (non-hydrogen) atoms. The van der Waals surface area contributed by atoms with Crippen LogP contribution < -0.4 is 5.32 Å². The van der Waals surface area contributed by atoms with Gasteiger partial charge in [0.05, 0.1) is 17.8 Å². The molecular weight excluding hydrogens is 744 g/mol. The lowest BCUT2D eigenvalue weighted by Gasteiger charge is -2.47. The number of fused-ring (bicyclic) bond motifs is 2. The SMILES string of the molecule is CC[C@H]1OC(=O)[C@H](C)C(=O)[C@H](C)[C@@H](O[C@@H]2O[C@H](C)C[C@H](N(C)C)[C@H]2O)[C@](C)(OC)C[C@@H](C)C(=O)[C@H](C)[C@H]2C(NC(=O)CCc3ccc4ccccc4c3)C(=O)O[C@@]21C. The molecule has 13 nitrogen and oxygen atoms in total. The molecule has 0 saturated carbocycles. The summed E-state index contributed by atoms with van der Waals surface area (Å²) >= 11 is 0. The van der Waals surface area contributed by atoms with E-state index in [4.69, 9.17) is 23.7 Å². The van der Waals surface area contributed by atoms with Gasteiger partial charge in [-0.3, -0.25) is 19.2 Å². The highest BCUT2D eigenvalue weighted by Crippen LogP contribution is 2.45. The molecule has 0 radical (unpaired) electrons. The number of carbonyl (C=O) groups excluding carboxylic acids is 5. The number of cyclic esters (lactones) is 1. The Balaban J connectivity index is 1.48. The molecule has 3 heterocycles. The highest BCUT2D eigenvalue weighted by molar-refractivity contribution is 6.00. The molecule has 0 aliphatic carbocycles. The normalized spacial score (nSPS) is 37.9. The number of amides is 1. The molecule has 5 rings (SSSR count). The fraction of sp³-hybridized carbons (Fsp3) is 0.667. The molecule has 3 aliphatic heterocycles. The lowest BCUT2D eigenvalue weighted by atomic mass is 9.69. The summed E-state index contributed by atoms with van der Waals surface area (Å²) in [7, 11) is 5.18. The number of ketones is 2. The van der Waals surface area contributed by atoms with Crippen molar-refractivity contribution < 1.29 is 52.8 Å². The molecule has 0 bridgehead atoms. The first-order valence-electron chi connectivity index (χ1n) is 20.7. The first kappa shape index (κ1) is 45.3. The standard InChI is InChI=1S/C45H64N2O11/c1-12-33-45(8)35(36(42(53)58-45)46-34(48)20-18-29-17-19-30-15-13-14-16-31(30)22-29)26(4)37(49)24(2)23-44(7,54-11)40(27(5)38(50)28(6)41(52)56-33)57-43-39(51)32(47(9)10)21-25(3)55-43/h13-17,19,22,24-28,32-33,35-36,39-40,43,51H,12,18,20-21,23H2,1-11H3,(H,46,48)/t24-,25-,26-,27+,28-,32+,33-,35+,36?,39-,40-,43+,44-,45-/m1/s1. The number of nitrogens with zero attached hydrogens (tertiary/aromatic N) is 1. The van der Waals surface area contributed by atoms with Crippen LogP contribution in [0.3, 0.4) is 0 Å². The predicted octanol–water partition coefficient (Wildman–Crippen LogP) is 4.81. The van der Waals surface area contributed by atoms with E-state index in [0.717, 1.165) is 16.3 Å². The van der Waals surface area contributed by atoms with Gasteiger partial charge in [-0.25, -0.2) is 4.79 Å². The van der Waals surface area contributed by atoms with Crippen molar-refractivity contribution in [1.29, 1.82) is 0 Å². The van der Waals surface area contributed by atoms with Gasteiger partial charge in [-0.2, -0.15) is 0 Å². The van der Waals surface area contributed by atoms with Gasteiger partial charge < -0.3 is 39.0 Å². The topological polar surface area (TPSA) is 167 Å². The quantitative estimate of drug-likeness (QED) is 0.263. The van der Waals surface area contributed by atoms with Gasteiger partial charge in [-0.15, -0.1) is 0 Å². The van der Waals surface area contributed by atoms with Crippen LogP contribution in [0.15, 0.2) is 42.5 Å². The summed E-state index contributed by atoms with van der Waals surface area (Å²) in [5, 5.41) is 16.5. The van der Waals surface area contributed by atoms with E-state index in [1.54, 1.807) is 41.5 Å². The van der Waals surface area contributed by atoms with Crippen LogP contribution in [0.4, 0.5) is 0 Å². The largest absolute Gasteiger partial charge is 0.458 e. The van der Waals surface area contributed by atoms with E-state index >= 15 is 0 Å². The van der Waals surface area contributed by atoms with E-state index < -0.39 is 95.1 Å². The smallest absolute Gasteiger partial charge is 0.329 e. The third kappa shape index (κ3) is 9.18. The molecule has 13 heteroatoms. The molecular formula is C45H64N2O11. The minimum absolute atomic E-state index is 0.0709. The van der Waals surface area contributed by atoms with Crippen LogP contribution in [-0.2, 0) is 54.1 Å². The minimum atomic E-state index is -1.53. The second kappa shape index (κ2) is 18.3. The lowest BCUT2D eigenvalue weighted by Crippen LogP contribution is -2.59. The Morgan fingerprint density at radius 1 is 0.948 bits per heavy atom. The van der Waals surface area contributed by atoms with E-state index in [-0.39, 0.29) is 37.2 Å². The summed E-state index contributed by atoms with van der Waals surface area (Å²) in [5.74, 6) is -7.50. The van der Waals surface area contributed by atoms with Crippen LogP contribution in [0.25, 0.3) is 10.8 Å². The van der Waals surface area contributed by atoms with Crippen LogP contribution in [0, 0.1) is 29.6 Å². The molecule has 0 spiro atoms. The summed E-state index contributed by atoms with van der Waals surface area (Å²) < 4.78 is 31.0. The first-order chi connectivity index (χ1) is 27.3. The molecule has 14 atom stereocenters. The fourth-order valence-electron chi connectivity index (χ4n) is 9.69. The summed E-state index contributed by atoms with van der Waals surface area (Å²) in [6.07, 6.45) is -3.33. The van der Waals surface area contributed by atoms with Gasteiger partial charge in [-0.05, 0) is 83.8 Å². The van der Waals surface area contributed by atoms with Gasteiger partial charge in [0.1, 0.15) is 30.0 Å². The Hall–Kier alpha value is -3.75. The van der Waals surface area contributed by atoms with Crippen molar-refractivity contribution in [3.8, 4) is 0 Å². The third-order valence-electron chi connectivity index (χ3n) is 13.1. The number of hydrogen-bond acceptors (Lipinski definition) is 12. The van der Waals surface area contributed by atoms with E-state index in [2.05, 4.69) is 5.32 Å². The second-order valence-electron chi connectivity index (χ2n) is 17.5. The first-order valence-corrected chi connectivity index (χ1v) is 20.7. The number of aliphatic hydroxyl groups excluding tert-OH is 1. The molecule has 0 aromatic heterocycles. The van der Waals surface area contributed by atoms with Crippen molar-refractivity contribution in [3.05, 3.63) is 48.0 Å². The van der Waals surface area contributed by atoms with Gasteiger partial charge >= 0.3 is 11.9 Å². The number of aliphatic hydroxyl groups is 1. The van der Waals surface area contributed by atoms with Crippen LogP contribution in [-0.4, -0.2) is 115 Å². The maximum atomic E-state index is 14.7. The Labute approximate surface area is 342 Å². The molecule has 320 valence electrons. The predicted molar refractivity (Wildman–Crippen MR) is 216 cm³/mol. The van der Waals surface area contributed by atoms with E-state index in [0.29, 0.717) is 12.8 Å². The zero-order chi connectivity index (χ0) is 42.9. The number of ether oxygens (including phenoxy) is 5.